The van der Waals surface area contributed by atoms with Gasteiger partial charge in [0.15, 0.2) is 0 Å². The quantitative estimate of drug-likeness (QED) is 0.826. The number of nitrogens with zero attached hydrogens (tertiary/aromatic N) is 2. The van der Waals surface area contributed by atoms with Gasteiger partial charge >= 0.3 is 0 Å². The first kappa shape index (κ1) is 15.7. The normalized spacial score (nSPS) is 10.6. The van der Waals surface area contributed by atoms with Gasteiger partial charge in [-0.15, -0.1) is 0 Å². The monoisotopic (exact) mass is 326 g/mol. The smallest absolute Gasteiger partial charge is 0.224 e. The molecule has 21 heavy (non-hydrogen) atoms. The van der Waals surface area contributed by atoms with Crippen LogP contribution in [-0.2, 0) is 11.3 Å². The van der Waals surface area contributed by atoms with Gasteiger partial charge in [-0.05, 0) is 31.5 Å². The highest BCUT2D eigenvalue weighted by Gasteiger charge is 2.08. The van der Waals surface area contributed by atoms with Crippen LogP contribution in [0.5, 0.6) is 0 Å². The summed E-state index contributed by atoms with van der Waals surface area (Å²) in [6.07, 6.45) is 2.64. The molecule has 1 aromatic heterocycles. The van der Waals surface area contributed by atoms with Gasteiger partial charge in [0.25, 0.3) is 0 Å². The Labute approximate surface area is 133 Å². The third kappa shape index (κ3) is 4.12. The lowest BCUT2D eigenvalue weighted by molar-refractivity contribution is -0.116. The molecule has 0 aliphatic heterocycles. The molecule has 112 valence electrons. The van der Waals surface area contributed by atoms with E-state index < -0.39 is 0 Å². The Hall–Kier alpha value is -1.72. The molecule has 5 nitrogen and oxygen atoms in total. The van der Waals surface area contributed by atoms with Crippen molar-refractivity contribution in [2.24, 2.45) is 0 Å². The molecule has 0 fully saturated rings. The van der Waals surface area contributed by atoms with Crippen LogP contribution in [0.15, 0.2) is 24.4 Å². The van der Waals surface area contributed by atoms with Gasteiger partial charge in [0.2, 0.25) is 5.91 Å². The van der Waals surface area contributed by atoms with Gasteiger partial charge in [-0.2, -0.15) is 5.10 Å². The Morgan fingerprint density at radius 2 is 2.14 bits per heavy atom. The van der Waals surface area contributed by atoms with Gasteiger partial charge in [-0.25, -0.2) is 0 Å². The average molecular weight is 327 g/mol. The van der Waals surface area contributed by atoms with Crippen LogP contribution >= 0.6 is 23.2 Å². The molecule has 1 aromatic carbocycles. The number of hydrogen-bond acceptors (Lipinski definition) is 3. The Morgan fingerprint density at radius 3 is 2.76 bits per heavy atom. The summed E-state index contributed by atoms with van der Waals surface area (Å²) in [6.45, 7) is 2.53. The van der Waals surface area contributed by atoms with Crippen molar-refractivity contribution in [2.45, 2.75) is 26.3 Å². The molecule has 1 amide bonds. The van der Waals surface area contributed by atoms with Crippen LogP contribution in [0.4, 0.5) is 11.4 Å². The number of hydrogen-bond donors (Lipinski definition) is 2. The maximum absolute atomic E-state index is 11.9. The fraction of sp³-hybridized carbons (Fsp3) is 0.286. The lowest BCUT2D eigenvalue weighted by atomic mass is 10.2. The summed E-state index contributed by atoms with van der Waals surface area (Å²) in [5.74, 6) is -0.0995. The summed E-state index contributed by atoms with van der Waals surface area (Å²) in [5, 5.41) is 7.96. The van der Waals surface area contributed by atoms with E-state index in [4.69, 9.17) is 28.9 Å². The molecular formula is C14H16Cl2N4O. The minimum atomic E-state index is -0.0995. The second kappa shape index (κ2) is 6.83. The van der Waals surface area contributed by atoms with Crippen LogP contribution in [0, 0.1) is 6.92 Å². The Bertz CT molecular complexity index is 654. The van der Waals surface area contributed by atoms with Crippen molar-refractivity contribution in [1.82, 2.24) is 9.78 Å². The third-order valence-electron chi connectivity index (χ3n) is 3.08. The molecule has 0 bridgehead atoms. The summed E-state index contributed by atoms with van der Waals surface area (Å²) in [4.78, 5) is 11.9. The molecule has 0 saturated carbocycles. The van der Waals surface area contributed by atoms with E-state index in [-0.39, 0.29) is 5.91 Å². The van der Waals surface area contributed by atoms with Gasteiger partial charge < -0.3 is 11.1 Å². The predicted octanol–water partition coefficient (Wildman–Crippen LogP) is 3.50. The minimum Gasteiger partial charge on any atom is -0.399 e. The number of amides is 1. The van der Waals surface area contributed by atoms with E-state index in [1.165, 1.54) is 0 Å². The van der Waals surface area contributed by atoms with Crippen LogP contribution < -0.4 is 11.1 Å². The summed E-state index contributed by atoms with van der Waals surface area (Å²) in [6, 6.07) is 4.98. The fourth-order valence-electron chi connectivity index (χ4n) is 1.88. The van der Waals surface area contributed by atoms with E-state index in [2.05, 4.69) is 10.4 Å². The molecule has 2 aromatic rings. The molecule has 0 aliphatic rings. The molecule has 7 heteroatoms. The van der Waals surface area contributed by atoms with Crippen molar-refractivity contribution < 1.29 is 4.79 Å². The molecule has 0 unspecified atom stereocenters. The van der Waals surface area contributed by atoms with Crippen molar-refractivity contribution in [3.8, 4) is 0 Å². The number of halogens is 2. The number of nitrogen functional groups attached to an aromatic ring is 1. The van der Waals surface area contributed by atoms with Crippen LogP contribution in [-0.4, -0.2) is 15.7 Å². The van der Waals surface area contributed by atoms with Gasteiger partial charge in [0.05, 0.1) is 27.6 Å². The van der Waals surface area contributed by atoms with Crippen molar-refractivity contribution in [2.75, 3.05) is 11.1 Å². The SMILES string of the molecule is Cc1c(Cl)cnn1CCCC(=O)Nc1ccc(N)cc1Cl. The van der Waals surface area contributed by atoms with E-state index in [1.807, 2.05) is 6.92 Å². The summed E-state index contributed by atoms with van der Waals surface area (Å²) in [7, 11) is 0. The van der Waals surface area contributed by atoms with E-state index >= 15 is 0 Å². The largest absolute Gasteiger partial charge is 0.399 e. The minimum absolute atomic E-state index is 0.0995. The molecule has 0 saturated heterocycles. The van der Waals surface area contributed by atoms with Crippen molar-refractivity contribution in [1.29, 1.82) is 0 Å². The summed E-state index contributed by atoms with van der Waals surface area (Å²) >= 11 is 11.9. The number of anilines is 2. The third-order valence-corrected chi connectivity index (χ3v) is 3.77. The molecule has 0 aliphatic carbocycles. The Balaban J connectivity index is 1.84. The number of aryl methyl sites for hydroxylation is 1. The number of carbonyl (C=O) groups excluding carboxylic acids is 1. The highest BCUT2D eigenvalue weighted by Crippen LogP contribution is 2.24. The molecular weight excluding hydrogens is 311 g/mol. The Kier molecular flexibility index (Phi) is 5.09. The van der Waals surface area contributed by atoms with Crippen LogP contribution in [0.2, 0.25) is 10.0 Å². The molecule has 1 heterocycles. The summed E-state index contributed by atoms with van der Waals surface area (Å²) < 4.78 is 1.78. The zero-order valence-electron chi connectivity index (χ0n) is 11.6. The van der Waals surface area contributed by atoms with Crippen LogP contribution in [0.25, 0.3) is 0 Å². The lowest BCUT2D eigenvalue weighted by Gasteiger charge is -2.08. The maximum Gasteiger partial charge on any atom is 0.224 e. The van der Waals surface area contributed by atoms with Gasteiger partial charge in [-0.3, -0.25) is 9.48 Å². The fourth-order valence-corrected chi connectivity index (χ4v) is 2.26. The number of nitrogens with one attached hydrogen (secondary N) is 1. The topological polar surface area (TPSA) is 72.9 Å². The molecule has 3 N–H and O–H groups in total. The highest BCUT2D eigenvalue weighted by molar-refractivity contribution is 6.34. The van der Waals surface area contributed by atoms with Crippen molar-refractivity contribution in [3.05, 3.63) is 40.1 Å². The van der Waals surface area contributed by atoms with Crippen molar-refractivity contribution in [3.63, 3.8) is 0 Å². The first-order chi connectivity index (χ1) is 9.97. The van der Waals surface area contributed by atoms with Gasteiger partial charge in [-0.1, -0.05) is 23.2 Å². The van der Waals surface area contributed by atoms with Crippen molar-refractivity contribution >= 4 is 40.5 Å². The number of rotatable bonds is 5. The molecule has 2 rings (SSSR count). The van der Waals surface area contributed by atoms with E-state index in [9.17, 15) is 4.79 Å². The van der Waals surface area contributed by atoms with Crippen LogP contribution in [0.1, 0.15) is 18.5 Å². The van der Waals surface area contributed by atoms with Gasteiger partial charge in [0.1, 0.15) is 0 Å². The van der Waals surface area contributed by atoms with Gasteiger partial charge in [0, 0.05) is 18.7 Å². The first-order valence-corrected chi connectivity index (χ1v) is 7.25. The van der Waals surface area contributed by atoms with Crippen LogP contribution in [0.3, 0.4) is 0 Å². The van der Waals surface area contributed by atoms with E-state index in [1.54, 1.807) is 29.1 Å². The predicted molar refractivity (Wildman–Crippen MR) is 85.7 cm³/mol. The summed E-state index contributed by atoms with van der Waals surface area (Å²) in [5.41, 5.74) is 7.63. The van der Waals surface area contributed by atoms with E-state index in [0.29, 0.717) is 40.8 Å². The van der Waals surface area contributed by atoms with E-state index in [0.717, 1.165) is 5.69 Å². The molecule has 0 radical (unpaired) electrons. The number of carbonyl (C=O) groups is 1. The second-order valence-electron chi connectivity index (χ2n) is 4.69. The lowest BCUT2D eigenvalue weighted by Crippen LogP contribution is -2.13. The Morgan fingerprint density at radius 1 is 1.38 bits per heavy atom. The number of aromatic nitrogens is 2. The number of benzene rings is 1. The average Bonchev–Trinajstić information content (AvgIpc) is 2.74. The molecule has 0 spiro atoms. The zero-order chi connectivity index (χ0) is 15.4. The maximum atomic E-state index is 11.9. The number of nitrogens with two attached hydrogens (primary N) is 1. The zero-order valence-corrected chi connectivity index (χ0v) is 13.1. The molecule has 0 atom stereocenters. The first-order valence-electron chi connectivity index (χ1n) is 6.50. The second-order valence-corrected chi connectivity index (χ2v) is 5.51. The highest BCUT2D eigenvalue weighted by atomic mass is 35.5. The standard InChI is InChI=1S/C14H16Cl2N4O/c1-9-12(16)8-18-20(9)6-2-3-14(21)19-13-5-4-10(17)7-11(13)15/h4-5,7-8H,2-3,6,17H2,1H3,(H,19,21).